The van der Waals surface area contributed by atoms with Crippen molar-refractivity contribution in [3.8, 4) is 22.9 Å². The second-order valence-electron chi connectivity index (χ2n) is 10.2. The normalized spacial score (nSPS) is 11.5. The molecule has 3 heterocycles. The Balaban J connectivity index is 1.35. The van der Waals surface area contributed by atoms with E-state index in [1.807, 2.05) is 18.2 Å². The molecule has 45 heavy (non-hydrogen) atoms. The summed E-state index contributed by atoms with van der Waals surface area (Å²) in [6.07, 6.45) is 1.90. The molecule has 228 valence electrons. The molecule has 0 aliphatic heterocycles. The van der Waals surface area contributed by atoms with E-state index in [-0.39, 0.29) is 35.8 Å². The van der Waals surface area contributed by atoms with Crippen LogP contribution in [0.1, 0.15) is 30.1 Å². The number of pyridine rings is 1. The van der Waals surface area contributed by atoms with Crippen LogP contribution in [0.3, 0.4) is 0 Å². The minimum absolute atomic E-state index is 0.00713. The Bertz CT molecular complexity index is 1840. The SMILES string of the molecule is CC(C)C(NC(=O)Cn1c(-c2ccccc2)ncc(NC(=O)OCc2ccccc2)c1=O)C(=O)c1nc(-c2ccccn2)no1. The standard InChI is InChI=1S/C32H29N7O6/c1-20(2)26(27(41)30-37-28(38-45-30)23-15-9-10-16-33-23)36-25(40)18-39-29(22-13-7-4-8-14-22)34-17-24(31(39)42)35-32(43)44-19-21-11-5-3-6-12-21/h3-17,20,26H,18-19H2,1-2H3,(H,35,43)(H,36,40). The van der Waals surface area contributed by atoms with Gasteiger partial charge in [0.15, 0.2) is 0 Å². The maximum absolute atomic E-state index is 13.6. The van der Waals surface area contributed by atoms with Gasteiger partial charge in [-0.2, -0.15) is 4.98 Å². The highest BCUT2D eigenvalue weighted by molar-refractivity contribution is 5.99. The number of carbonyl (C=O) groups excluding carboxylic acids is 3. The van der Waals surface area contributed by atoms with Crippen molar-refractivity contribution >= 4 is 23.5 Å². The molecule has 0 aliphatic rings. The van der Waals surface area contributed by atoms with Gasteiger partial charge in [0.2, 0.25) is 17.5 Å². The molecular weight excluding hydrogens is 578 g/mol. The Hall–Kier alpha value is -5.98. The van der Waals surface area contributed by atoms with Gasteiger partial charge in [-0.3, -0.25) is 29.3 Å². The lowest BCUT2D eigenvalue weighted by Gasteiger charge is -2.20. The first kappa shape index (κ1) is 30.5. The number of rotatable bonds is 11. The Morgan fingerprint density at radius 3 is 2.33 bits per heavy atom. The summed E-state index contributed by atoms with van der Waals surface area (Å²) in [4.78, 5) is 65.5. The molecule has 13 nitrogen and oxygen atoms in total. The molecule has 3 aromatic heterocycles. The summed E-state index contributed by atoms with van der Waals surface area (Å²) < 4.78 is 11.5. The fourth-order valence-corrected chi connectivity index (χ4v) is 4.36. The predicted molar refractivity (Wildman–Crippen MR) is 163 cm³/mol. The fraction of sp³-hybridized carbons (Fsp3) is 0.188. The molecule has 2 N–H and O–H groups in total. The van der Waals surface area contributed by atoms with Crippen LogP contribution in [0.25, 0.3) is 22.9 Å². The van der Waals surface area contributed by atoms with Crippen molar-refractivity contribution < 1.29 is 23.6 Å². The third kappa shape index (κ3) is 7.51. The Morgan fingerprint density at radius 2 is 1.64 bits per heavy atom. The van der Waals surface area contributed by atoms with Gasteiger partial charge in [-0.1, -0.05) is 85.7 Å². The number of nitrogens with zero attached hydrogens (tertiary/aromatic N) is 5. The van der Waals surface area contributed by atoms with Crippen molar-refractivity contribution in [1.82, 2.24) is 30.0 Å². The molecule has 2 amide bonds. The molecule has 13 heteroatoms. The number of hydrogen-bond acceptors (Lipinski definition) is 10. The van der Waals surface area contributed by atoms with Crippen LogP contribution in [0, 0.1) is 5.92 Å². The summed E-state index contributed by atoms with van der Waals surface area (Å²) in [7, 11) is 0. The lowest BCUT2D eigenvalue weighted by atomic mass is 9.99. The molecule has 1 atom stereocenters. The largest absolute Gasteiger partial charge is 0.444 e. The van der Waals surface area contributed by atoms with Crippen LogP contribution in [0.2, 0.25) is 0 Å². The highest BCUT2D eigenvalue weighted by Gasteiger charge is 2.30. The molecule has 2 aromatic carbocycles. The van der Waals surface area contributed by atoms with Crippen molar-refractivity contribution in [2.75, 3.05) is 5.32 Å². The lowest BCUT2D eigenvalue weighted by Crippen LogP contribution is -2.46. The van der Waals surface area contributed by atoms with Crippen LogP contribution >= 0.6 is 0 Å². The number of benzene rings is 2. The second-order valence-corrected chi connectivity index (χ2v) is 10.2. The van der Waals surface area contributed by atoms with E-state index in [1.165, 1.54) is 6.20 Å². The molecule has 5 rings (SSSR count). The topological polar surface area (TPSA) is 171 Å². The van der Waals surface area contributed by atoms with E-state index in [0.29, 0.717) is 11.3 Å². The smallest absolute Gasteiger partial charge is 0.412 e. The first-order valence-electron chi connectivity index (χ1n) is 14.0. The van der Waals surface area contributed by atoms with E-state index in [9.17, 15) is 19.2 Å². The average molecular weight is 608 g/mol. The van der Waals surface area contributed by atoms with Gasteiger partial charge in [0, 0.05) is 11.8 Å². The van der Waals surface area contributed by atoms with Crippen LogP contribution in [0.4, 0.5) is 10.5 Å². The Kier molecular flexibility index (Phi) is 9.48. The van der Waals surface area contributed by atoms with E-state index in [0.717, 1.165) is 10.1 Å². The van der Waals surface area contributed by atoms with E-state index < -0.39 is 35.9 Å². The maximum Gasteiger partial charge on any atom is 0.412 e. The summed E-state index contributed by atoms with van der Waals surface area (Å²) in [5, 5.41) is 8.93. The number of ketones is 1. The van der Waals surface area contributed by atoms with E-state index in [1.54, 1.807) is 80.7 Å². The van der Waals surface area contributed by atoms with Crippen molar-refractivity contribution in [1.29, 1.82) is 0 Å². The number of Topliss-reactive ketones (excluding diaryl/α,β-unsaturated/α-hetero) is 1. The van der Waals surface area contributed by atoms with Gasteiger partial charge < -0.3 is 14.6 Å². The van der Waals surface area contributed by atoms with Crippen molar-refractivity contribution in [3.05, 3.63) is 113 Å². The molecule has 0 bridgehead atoms. The quantitative estimate of drug-likeness (QED) is 0.208. The van der Waals surface area contributed by atoms with Crippen molar-refractivity contribution in [2.24, 2.45) is 5.92 Å². The zero-order valence-electron chi connectivity index (χ0n) is 24.4. The average Bonchev–Trinajstić information content (AvgIpc) is 3.56. The number of carbonyl (C=O) groups is 3. The maximum atomic E-state index is 13.6. The molecule has 0 radical (unpaired) electrons. The lowest BCUT2D eigenvalue weighted by molar-refractivity contribution is -0.122. The highest BCUT2D eigenvalue weighted by atomic mass is 16.5. The number of amides is 2. The number of anilines is 1. The van der Waals surface area contributed by atoms with E-state index >= 15 is 0 Å². The van der Waals surface area contributed by atoms with Crippen molar-refractivity contribution in [2.45, 2.75) is 33.0 Å². The van der Waals surface area contributed by atoms with Crippen LogP contribution in [0.15, 0.2) is 101 Å². The molecule has 0 saturated heterocycles. The summed E-state index contributed by atoms with van der Waals surface area (Å²) in [6.45, 7) is 2.97. The van der Waals surface area contributed by atoms with Crippen LogP contribution in [-0.4, -0.2) is 48.5 Å². The second kappa shape index (κ2) is 14.0. The van der Waals surface area contributed by atoms with Crippen LogP contribution < -0.4 is 16.2 Å². The number of nitrogens with one attached hydrogen (secondary N) is 2. The number of ether oxygens (including phenoxy) is 1. The van der Waals surface area contributed by atoms with Crippen LogP contribution in [-0.2, 0) is 22.7 Å². The van der Waals surface area contributed by atoms with Gasteiger partial charge in [0.25, 0.3) is 11.4 Å². The number of hydrogen-bond donors (Lipinski definition) is 2. The third-order valence-corrected chi connectivity index (χ3v) is 6.63. The minimum atomic E-state index is -1.05. The summed E-state index contributed by atoms with van der Waals surface area (Å²) >= 11 is 0. The van der Waals surface area contributed by atoms with Crippen molar-refractivity contribution in [3.63, 3.8) is 0 Å². The van der Waals surface area contributed by atoms with E-state index in [4.69, 9.17) is 9.26 Å². The molecule has 0 spiro atoms. The molecular formula is C32H29N7O6. The third-order valence-electron chi connectivity index (χ3n) is 6.63. The van der Waals surface area contributed by atoms with Gasteiger partial charge >= 0.3 is 6.09 Å². The van der Waals surface area contributed by atoms with Gasteiger partial charge in [0.1, 0.15) is 30.4 Å². The number of aromatic nitrogens is 5. The minimum Gasteiger partial charge on any atom is -0.444 e. The molecule has 1 unspecified atom stereocenters. The zero-order chi connectivity index (χ0) is 31.8. The zero-order valence-corrected chi connectivity index (χ0v) is 24.4. The van der Waals surface area contributed by atoms with Gasteiger partial charge in [-0.25, -0.2) is 9.78 Å². The fourth-order valence-electron chi connectivity index (χ4n) is 4.36. The van der Waals surface area contributed by atoms with E-state index in [2.05, 4.69) is 30.7 Å². The van der Waals surface area contributed by atoms with Gasteiger partial charge in [-0.05, 0) is 23.6 Å². The summed E-state index contributed by atoms with van der Waals surface area (Å²) in [5.41, 5.74) is 0.861. The molecule has 0 saturated carbocycles. The molecule has 0 fully saturated rings. The summed E-state index contributed by atoms with van der Waals surface area (Å²) in [6, 6.07) is 21.9. The first-order valence-corrected chi connectivity index (χ1v) is 14.0. The molecule has 0 aliphatic carbocycles. The van der Waals surface area contributed by atoms with Crippen LogP contribution in [0.5, 0.6) is 0 Å². The Labute approximate surface area is 257 Å². The first-order chi connectivity index (χ1) is 21.8. The highest BCUT2D eigenvalue weighted by Crippen LogP contribution is 2.18. The predicted octanol–water partition coefficient (Wildman–Crippen LogP) is 4.13. The van der Waals surface area contributed by atoms with Gasteiger partial charge in [-0.15, -0.1) is 0 Å². The van der Waals surface area contributed by atoms with Gasteiger partial charge in [0.05, 0.1) is 12.2 Å². The Morgan fingerprint density at radius 1 is 0.933 bits per heavy atom. The molecule has 5 aromatic rings. The monoisotopic (exact) mass is 607 g/mol. The summed E-state index contributed by atoms with van der Waals surface area (Å²) in [5.74, 6) is -1.61.